The van der Waals surface area contributed by atoms with Gasteiger partial charge in [0.2, 0.25) is 11.8 Å². The van der Waals surface area contributed by atoms with Gasteiger partial charge in [0.05, 0.1) is 12.1 Å². The van der Waals surface area contributed by atoms with Gasteiger partial charge in [0.25, 0.3) is 0 Å². The lowest BCUT2D eigenvalue weighted by Crippen LogP contribution is -2.17. The molecule has 128 valence electrons. The van der Waals surface area contributed by atoms with Crippen LogP contribution in [0.25, 0.3) is 10.9 Å². The highest BCUT2D eigenvalue weighted by atomic mass is 16.5. The summed E-state index contributed by atoms with van der Waals surface area (Å²) in [6.07, 6.45) is 3.50. The zero-order valence-electron chi connectivity index (χ0n) is 13.9. The van der Waals surface area contributed by atoms with Gasteiger partial charge in [-0.25, -0.2) is 4.98 Å². The number of aromatic nitrogens is 2. The molecule has 2 aromatic heterocycles. The van der Waals surface area contributed by atoms with Crippen molar-refractivity contribution in [1.29, 1.82) is 0 Å². The molecule has 1 amide bonds. The summed E-state index contributed by atoms with van der Waals surface area (Å²) in [5, 5.41) is 3.69. The van der Waals surface area contributed by atoms with Crippen molar-refractivity contribution in [1.82, 2.24) is 9.55 Å². The van der Waals surface area contributed by atoms with E-state index in [1.165, 1.54) is 0 Å². The highest BCUT2D eigenvalue weighted by Crippen LogP contribution is 2.21. The number of hydrogen-bond acceptors (Lipinski definition) is 4. The molecule has 6 nitrogen and oxygen atoms in total. The van der Waals surface area contributed by atoms with Crippen molar-refractivity contribution in [2.45, 2.75) is 19.8 Å². The topological polar surface area (TPSA) is 73.2 Å². The Hall–Kier alpha value is -3.15. The minimum absolute atomic E-state index is 0.0769. The molecular weight excluding hydrogens is 318 g/mol. The molecular formula is C19H19N3O3. The molecule has 0 saturated heterocycles. The molecule has 0 aliphatic carbocycles. The molecule has 0 radical (unpaired) electrons. The average Bonchev–Trinajstić information content (AvgIpc) is 3.06. The van der Waals surface area contributed by atoms with E-state index in [2.05, 4.69) is 10.3 Å². The third-order valence-corrected chi connectivity index (χ3v) is 3.76. The van der Waals surface area contributed by atoms with Crippen LogP contribution >= 0.6 is 0 Å². The zero-order valence-corrected chi connectivity index (χ0v) is 13.9. The Balaban J connectivity index is 1.62. The standard InChI is InChI=1S/C19H19N3O3/c1-2-25-16-8-5-12-20-19(16)21-17(23)9-10-18(24)22-13-11-14-6-3-4-7-15(14)22/h3-8,11-13H,2,9-10H2,1H3,(H,20,21,23). The molecule has 3 rings (SSSR count). The summed E-state index contributed by atoms with van der Waals surface area (Å²) in [7, 11) is 0. The van der Waals surface area contributed by atoms with E-state index in [-0.39, 0.29) is 24.7 Å². The molecule has 1 N–H and O–H groups in total. The molecule has 0 atom stereocenters. The number of hydrogen-bond donors (Lipinski definition) is 1. The number of nitrogens with zero attached hydrogens (tertiary/aromatic N) is 2. The molecule has 0 aliphatic rings. The molecule has 6 heteroatoms. The van der Waals surface area contributed by atoms with Crippen LogP contribution in [0.5, 0.6) is 5.75 Å². The van der Waals surface area contributed by atoms with Gasteiger partial charge in [-0.2, -0.15) is 0 Å². The van der Waals surface area contributed by atoms with Gasteiger partial charge in [-0.1, -0.05) is 18.2 Å². The maximum absolute atomic E-state index is 12.4. The van der Waals surface area contributed by atoms with E-state index < -0.39 is 0 Å². The molecule has 1 aromatic carbocycles. The van der Waals surface area contributed by atoms with Crippen molar-refractivity contribution in [3.05, 3.63) is 54.9 Å². The van der Waals surface area contributed by atoms with Crippen LogP contribution in [0.2, 0.25) is 0 Å². The third kappa shape index (κ3) is 3.85. The fourth-order valence-corrected chi connectivity index (χ4v) is 2.59. The molecule has 0 unspecified atom stereocenters. The lowest BCUT2D eigenvalue weighted by Gasteiger charge is -2.10. The first kappa shape index (κ1) is 16.7. The number of carbonyl (C=O) groups is 2. The Morgan fingerprint density at radius 3 is 2.80 bits per heavy atom. The van der Waals surface area contributed by atoms with Crippen LogP contribution in [0.15, 0.2) is 54.9 Å². The van der Waals surface area contributed by atoms with E-state index in [1.807, 2.05) is 37.3 Å². The second kappa shape index (κ2) is 7.61. The molecule has 25 heavy (non-hydrogen) atoms. The number of fused-ring (bicyclic) bond motifs is 1. The van der Waals surface area contributed by atoms with Crippen molar-refractivity contribution < 1.29 is 14.3 Å². The van der Waals surface area contributed by atoms with Gasteiger partial charge in [-0.15, -0.1) is 0 Å². The normalized spacial score (nSPS) is 10.6. The summed E-state index contributed by atoms with van der Waals surface area (Å²) < 4.78 is 7.00. The van der Waals surface area contributed by atoms with Gasteiger partial charge in [0, 0.05) is 30.6 Å². The Kier molecular flexibility index (Phi) is 5.09. The SMILES string of the molecule is CCOc1cccnc1NC(=O)CCC(=O)n1ccc2ccccc21. The minimum Gasteiger partial charge on any atom is -0.490 e. The van der Waals surface area contributed by atoms with Crippen LogP contribution in [0.4, 0.5) is 5.82 Å². The molecule has 0 spiro atoms. The summed E-state index contributed by atoms with van der Waals surface area (Å²) in [6, 6.07) is 13.0. The summed E-state index contributed by atoms with van der Waals surface area (Å²) in [6.45, 7) is 2.34. The average molecular weight is 337 g/mol. The summed E-state index contributed by atoms with van der Waals surface area (Å²) in [5.74, 6) is 0.487. The van der Waals surface area contributed by atoms with Gasteiger partial charge >= 0.3 is 0 Å². The van der Waals surface area contributed by atoms with E-state index in [1.54, 1.807) is 29.1 Å². The number of para-hydroxylation sites is 1. The quantitative estimate of drug-likeness (QED) is 0.747. The Bertz CT molecular complexity index is 902. The van der Waals surface area contributed by atoms with Crippen molar-refractivity contribution in [3.8, 4) is 5.75 Å². The van der Waals surface area contributed by atoms with E-state index >= 15 is 0 Å². The predicted molar refractivity (Wildman–Crippen MR) is 95.8 cm³/mol. The second-order valence-corrected chi connectivity index (χ2v) is 5.47. The van der Waals surface area contributed by atoms with E-state index in [9.17, 15) is 9.59 Å². The summed E-state index contributed by atoms with van der Waals surface area (Å²) in [5.41, 5.74) is 0.844. The molecule has 2 heterocycles. The first-order valence-corrected chi connectivity index (χ1v) is 8.16. The minimum atomic E-state index is -0.274. The number of rotatable bonds is 6. The smallest absolute Gasteiger partial charge is 0.231 e. The summed E-state index contributed by atoms with van der Waals surface area (Å²) in [4.78, 5) is 28.6. The highest BCUT2D eigenvalue weighted by molar-refractivity contribution is 5.96. The van der Waals surface area contributed by atoms with Gasteiger partial charge < -0.3 is 10.1 Å². The maximum Gasteiger partial charge on any atom is 0.231 e. The second-order valence-electron chi connectivity index (χ2n) is 5.47. The maximum atomic E-state index is 12.4. The number of ether oxygens (including phenoxy) is 1. The van der Waals surface area contributed by atoms with Crippen LogP contribution in [-0.2, 0) is 4.79 Å². The van der Waals surface area contributed by atoms with Crippen LogP contribution < -0.4 is 10.1 Å². The number of amides is 1. The first-order chi connectivity index (χ1) is 12.2. The van der Waals surface area contributed by atoms with E-state index in [4.69, 9.17) is 4.74 Å². The van der Waals surface area contributed by atoms with Gasteiger partial charge in [0.15, 0.2) is 11.6 Å². The highest BCUT2D eigenvalue weighted by Gasteiger charge is 2.13. The number of benzene rings is 1. The van der Waals surface area contributed by atoms with Crippen LogP contribution in [0.1, 0.15) is 24.6 Å². The Morgan fingerprint density at radius 2 is 1.96 bits per heavy atom. The van der Waals surface area contributed by atoms with Gasteiger partial charge in [0.1, 0.15) is 0 Å². The Labute approximate surface area is 145 Å². The van der Waals surface area contributed by atoms with Crippen LogP contribution in [0.3, 0.4) is 0 Å². The van der Waals surface area contributed by atoms with E-state index in [0.717, 1.165) is 10.9 Å². The lowest BCUT2D eigenvalue weighted by atomic mass is 10.2. The van der Waals surface area contributed by atoms with Crippen LogP contribution in [0, 0.1) is 0 Å². The first-order valence-electron chi connectivity index (χ1n) is 8.16. The van der Waals surface area contributed by atoms with Gasteiger partial charge in [-0.05, 0) is 31.2 Å². The molecule has 0 fully saturated rings. The molecule has 3 aromatic rings. The van der Waals surface area contributed by atoms with Gasteiger partial charge in [-0.3, -0.25) is 14.2 Å². The number of carbonyl (C=O) groups excluding carboxylic acids is 2. The van der Waals surface area contributed by atoms with Crippen LogP contribution in [-0.4, -0.2) is 28.0 Å². The number of nitrogens with one attached hydrogen (secondary N) is 1. The number of pyridine rings is 1. The Morgan fingerprint density at radius 1 is 1.12 bits per heavy atom. The monoisotopic (exact) mass is 337 g/mol. The predicted octanol–water partition coefficient (Wildman–Crippen LogP) is 3.49. The van der Waals surface area contributed by atoms with Crippen molar-refractivity contribution in [2.24, 2.45) is 0 Å². The van der Waals surface area contributed by atoms with Crippen molar-refractivity contribution in [2.75, 3.05) is 11.9 Å². The lowest BCUT2D eigenvalue weighted by molar-refractivity contribution is -0.116. The molecule has 0 saturated carbocycles. The fraction of sp³-hybridized carbons (Fsp3) is 0.211. The third-order valence-electron chi connectivity index (χ3n) is 3.76. The molecule has 0 aliphatic heterocycles. The largest absolute Gasteiger partial charge is 0.490 e. The van der Waals surface area contributed by atoms with E-state index in [0.29, 0.717) is 18.2 Å². The number of anilines is 1. The molecule has 0 bridgehead atoms. The summed E-state index contributed by atoms with van der Waals surface area (Å²) >= 11 is 0. The van der Waals surface area contributed by atoms with Crippen molar-refractivity contribution in [3.63, 3.8) is 0 Å². The fourth-order valence-electron chi connectivity index (χ4n) is 2.59. The van der Waals surface area contributed by atoms with Crippen molar-refractivity contribution >= 4 is 28.5 Å². The zero-order chi connectivity index (χ0) is 17.6.